The molecule has 1 unspecified atom stereocenters. The van der Waals surface area contributed by atoms with E-state index in [0.29, 0.717) is 35.9 Å². The molecule has 39 heavy (non-hydrogen) atoms. The molecule has 1 aromatic carbocycles. The molecule has 0 bridgehead atoms. The molecule has 210 valence electrons. The fourth-order valence-electron chi connectivity index (χ4n) is 4.77. The van der Waals surface area contributed by atoms with E-state index in [0.717, 1.165) is 57.9 Å². The smallest absolute Gasteiger partial charge is 0.251 e. The summed E-state index contributed by atoms with van der Waals surface area (Å²) in [6.45, 7) is 6.17. The number of halogens is 1. The second kappa shape index (κ2) is 14.4. The van der Waals surface area contributed by atoms with Gasteiger partial charge in [-0.05, 0) is 56.3 Å². The van der Waals surface area contributed by atoms with Gasteiger partial charge in [-0.3, -0.25) is 19.3 Å². The van der Waals surface area contributed by atoms with Crippen molar-refractivity contribution in [1.82, 2.24) is 20.1 Å². The van der Waals surface area contributed by atoms with Crippen LogP contribution in [0.4, 0.5) is 11.5 Å². The number of benzene rings is 1. The fraction of sp³-hybridized carbons (Fsp3) is 0.500. The number of ether oxygens (including phenoxy) is 1. The number of pyridine rings is 1. The van der Waals surface area contributed by atoms with Crippen molar-refractivity contribution in [3.8, 4) is 0 Å². The van der Waals surface area contributed by atoms with E-state index in [9.17, 15) is 14.4 Å². The van der Waals surface area contributed by atoms with E-state index in [1.165, 1.54) is 6.20 Å². The molecule has 4 rings (SSSR count). The van der Waals surface area contributed by atoms with Crippen LogP contribution in [0, 0.1) is 0 Å². The number of aromatic nitrogens is 1. The minimum absolute atomic E-state index is 0.0817. The average Bonchev–Trinajstić information content (AvgIpc) is 2.94. The van der Waals surface area contributed by atoms with Gasteiger partial charge in [0.05, 0.1) is 24.3 Å². The van der Waals surface area contributed by atoms with E-state index < -0.39 is 6.04 Å². The first-order valence-corrected chi connectivity index (χ1v) is 13.9. The van der Waals surface area contributed by atoms with E-state index in [4.69, 9.17) is 16.3 Å². The molecule has 2 aliphatic rings. The normalized spacial score (nSPS) is 17.2. The second-order valence-electron chi connectivity index (χ2n) is 10.0. The number of nitrogens with one attached hydrogen (secondary N) is 2. The SMILES string of the molecule is CN(CCN1CCOCC1)CC(CC(=O)Nc1ccc(Cl)cn1)NC(=O)c1ccc(N2CCCCC2=O)cc1. The lowest BCUT2D eigenvalue weighted by Crippen LogP contribution is -2.47. The molecule has 0 spiro atoms. The van der Waals surface area contributed by atoms with Crippen molar-refractivity contribution >= 4 is 40.8 Å². The maximum Gasteiger partial charge on any atom is 0.251 e. The summed E-state index contributed by atoms with van der Waals surface area (Å²) in [5.41, 5.74) is 1.27. The topological polar surface area (TPSA) is 107 Å². The van der Waals surface area contributed by atoms with Crippen molar-refractivity contribution in [2.45, 2.75) is 31.7 Å². The van der Waals surface area contributed by atoms with E-state index in [-0.39, 0.29) is 24.1 Å². The summed E-state index contributed by atoms with van der Waals surface area (Å²) >= 11 is 5.89. The third-order valence-corrected chi connectivity index (χ3v) is 7.18. The molecule has 10 nitrogen and oxygen atoms in total. The number of morpholine rings is 1. The molecular weight excluding hydrogens is 520 g/mol. The highest BCUT2D eigenvalue weighted by Crippen LogP contribution is 2.21. The largest absolute Gasteiger partial charge is 0.379 e. The summed E-state index contributed by atoms with van der Waals surface area (Å²) in [7, 11) is 1.99. The summed E-state index contributed by atoms with van der Waals surface area (Å²) in [6.07, 6.45) is 3.99. The van der Waals surface area contributed by atoms with Gasteiger partial charge in [-0.25, -0.2) is 4.98 Å². The monoisotopic (exact) mass is 556 g/mol. The molecule has 2 aromatic rings. The Bertz CT molecular complexity index is 1110. The Morgan fingerprint density at radius 3 is 2.56 bits per heavy atom. The Hall–Kier alpha value is -3.05. The quantitative estimate of drug-likeness (QED) is 0.438. The van der Waals surface area contributed by atoms with Crippen LogP contribution >= 0.6 is 11.6 Å². The Balaban J connectivity index is 1.37. The van der Waals surface area contributed by atoms with E-state index in [1.807, 2.05) is 7.05 Å². The standard InChI is InChI=1S/C28H37ClN6O4/c1-33(12-13-34-14-16-39-17-15-34)20-23(18-26(36)32-25-10-7-22(29)19-30-25)31-28(38)21-5-8-24(9-6-21)35-11-3-2-4-27(35)37/h5-10,19,23H,2-4,11-18,20H2,1H3,(H,31,38)(H,30,32,36). The number of likely N-dealkylation sites (N-methyl/N-ethyl adjacent to an activating group) is 1. The van der Waals surface area contributed by atoms with Crippen molar-refractivity contribution in [1.29, 1.82) is 0 Å². The maximum atomic E-state index is 13.2. The molecule has 0 radical (unpaired) electrons. The number of anilines is 2. The molecule has 11 heteroatoms. The molecule has 0 aliphatic carbocycles. The van der Waals surface area contributed by atoms with Crippen molar-refractivity contribution in [2.24, 2.45) is 0 Å². The number of carbonyl (C=O) groups excluding carboxylic acids is 3. The Morgan fingerprint density at radius 1 is 1.10 bits per heavy atom. The summed E-state index contributed by atoms with van der Waals surface area (Å²) < 4.78 is 5.42. The van der Waals surface area contributed by atoms with Gasteiger partial charge in [0.1, 0.15) is 5.82 Å². The zero-order chi connectivity index (χ0) is 27.6. The molecule has 2 N–H and O–H groups in total. The van der Waals surface area contributed by atoms with Crippen molar-refractivity contribution in [2.75, 3.05) is 69.7 Å². The Labute approximate surface area is 234 Å². The summed E-state index contributed by atoms with van der Waals surface area (Å²) in [5, 5.41) is 6.30. The molecule has 0 saturated carbocycles. The first-order valence-electron chi connectivity index (χ1n) is 13.5. The summed E-state index contributed by atoms with van der Waals surface area (Å²) in [5.74, 6) is -0.0102. The van der Waals surface area contributed by atoms with Crippen molar-refractivity contribution in [3.63, 3.8) is 0 Å². The maximum absolute atomic E-state index is 13.2. The molecule has 3 heterocycles. The van der Waals surface area contributed by atoms with Gasteiger partial charge in [0.2, 0.25) is 11.8 Å². The van der Waals surface area contributed by atoms with E-state index >= 15 is 0 Å². The van der Waals surface area contributed by atoms with Crippen LogP contribution in [0.25, 0.3) is 0 Å². The highest BCUT2D eigenvalue weighted by Gasteiger charge is 2.22. The zero-order valence-corrected chi connectivity index (χ0v) is 23.2. The van der Waals surface area contributed by atoms with Crippen LogP contribution in [0.5, 0.6) is 0 Å². The number of piperidine rings is 1. The molecular formula is C28H37ClN6O4. The average molecular weight is 557 g/mol. The van der Waals surface area contributed by atoms with Crippen LogP contribution in [-0.4, -0.2) is 98.1 Å². The molecule has 2 fully saturated rings. The minimum atomic E-state index is -0.428. The first-order chi connectivity index (χ1) is 18.9. The number of rotatable bonds is 11. The predicted molar refractivity (Wildman–Crippen MR) is 151 cm³/mol. The van der Waals surface area contributed by atoms with Gasteiger partial charge in [0.15, 0.2) is 0 Å². The lowest BCUT2D eigenvalue weighted by atomic mass is 10.1. The third-order valence-electron chi connectivity index (χ3n) is 6.96. The Morgan fingerprint density at radius 2 is 1.87 bits per heavy atom. The number of hydrogen-bond donors (Lipinski definition) is 2. The van der Waals surface area contributed by atoms with Crippen LogP contribution in [0.3, 0.4) is 0 Å². The molecule has 1 aromatic heterocycles. The van der Waals surface area contributed by atoms with Crippen molar-refractivity contribution in [3.05, 3.63) is 53.2 Å². The summed E-state index contributed by atoms with van der Waals surface area (Å²) in [6, 6.07) is 9.93. The van der Waals surface area contributed by atoms with Crippen LogP contribution < -0.4 is 15.5 Å². The molecule has 1 atom stereocenters. The van der Waals surface area contributed by atoms with E-state index in [2.05, 4.69) is 25.4 Å². The first kappa shape index (κ1) is 28.9. The number of carbonyl (C=O) groups is 3. The third kappa shape index (κ3) is 8.99. The van der Waals surface area contributed by atoms with Gasteiger partial charge in [0, 0.05) is 69.6 Å². The van der Waals surface area contributed by atoms with Crippen molar-refractivity contribution < 1.29 is 19.1 Å². The number of nitrogens with zero attached hydrogens (tertiary/aromatic N) is 4. The van der Waals surface area contributed by atoms with Crippen LogP contribution in [0.1, 0.15) is 36.0 Å². The Kier molecular flexibility index (Phi) is 10.7. The summed E-state index contributed by atoms with van der Waals surface area (Å²) in [4.78, 5) is 48.6. The van der Waals surface area contributed by atoms with Crippen LogP contribution in [0.2, 0.25) is 5.02 Å². The van der Waals surface area contributed by atoms with Crippen LogP contribution in [0.15, 0.2) is 42.6 Å². The highest BCUT2D eigenvalue weighted by atomic mass is 35.5. The zero-order valence-electron chi connectivity index (χ0n) is 22.4. The molecule has 3 amide bonds. The van der Waals surface area contributed by atoms with Gasteiger partial charge in [-0.2, -0.15) is 0 Å². The van der Waals surface area contributed by atoms with Gasteiger partial charge in [-0.15, -0.1) is 0 Å². The predicted octanol–water partition coefficient (Wildman–Crippen LogP) is 2.64. The fourth-order valence-corrected chi connectivity index (χ4v) is 4.89. The minimum Gasteiger partial charge on any atom is -0.379 e. The van der Waals surface area contributed by atoms with E-state index in [1.54, 1.807) is 41.3 Å². The van der Waals surface area contributed by atoms with Gasteiger partial charge >= 0.3 is 0 Å². The lowest BCUT2D eigenvalue weighted by molar-refractivity contribution is -0.119. The lowest BCUT2D eigenvalue weighted by Gasteiger charge is -2.30. The van der Waals surface area contributed by atoms with Gasteiger partial charge < -0.3 is 25.2 Å². The second-order valence-corrected chi connectivity index (χ2v) is 10.5. The molecule has 2 aliphatic heterocycles. The van der Waals surface area contributed by atoms with Gasteiger partial charge in [0.25, 0.3) is 5.91 Å². The number of amides is 3. The number of hydrogen-bond acceptors (Lipinski definition) is 7. The van der Waals surface area contributed by atoms with Crippen LogP contribution in [-0.2, 0) is 14.3 Å². The van der Waals surface area contributed by atoms with Gasteiger partial charge in [-0.1, -0.05) is 11.6 Å². The highest BCUT2D eigenvalue weighted by molar-refractivity contribution is 6.30. The molecule has 2 saturated heterocycles.